The van der Waals surface area contributed by atoms with E-state index in [1.165, 1.54) is 29.2 Å². The summed E-state index contributed by atoms with van der Waals surface area (Å²) >= 11 is 12.7. The lowest BCUT2D eigenvalue weighted by Crippen LogP contribution is -2.54. The van der Waals surface area contributed by atoms with Gasteiger partial charge in [-0.2, -0.15) is 0 Å². The van der Waals surface area contributed by atoms with Gasteiger partial charge in [-0.05, 0) is 72.5 Å². The third-order valence-corrected chi connectivity index (χ3v) is 10.4. The van der Waals surface area contributed by atoms with Gasteiger partial charge in [-0.1, -0.05) is 90.6 Å². The molecule has 4 aromatic rings. The Morgan fingerprint density at radius 2 is 1.50 bits per heavy atom. The third kappa shape index (κ3) is 8.26. The van der Waals surface area contributed by atoms with Crippen molar-refractivity contribution in [2.75, 3.05) is 10.8 Å². The Hall–Kier alpha value is -3.92. The number of hydrogen-bond acceptors (Lipinski definition) is 4. The van der Waals surface area contributed by atoms with Crippen LogP contribution >= 0.6 is 23.2 Å². The maximum absolute atomic E-state index is 14.5. The van der Waals surface area contributed by atoms with Crippen molar-refractivity contribution in [1.82, 2.24) is 10.2 Å². The summed E-state index contributed by atoms with van der Waals surface area (Å²) < 4.78 is 42.9. The summed E-state index contributed by atoms with van der Waals surface area (Å²) in [6, 6.07) is 25.7. The van der Waals surface area contributed by atoms with E-state index in [9.17, 15) is 22.4 Å². The van der Waals surface area contributed by atoms with Crippen molar-refractivity contribution in [3.8, 4) is 0 Å². The molecule has 240 valence electrons. The Morgan fingerprint density at radius 3 is 2.13 bits per heavy atom. The van der Waals surface area contributed by atoms with Crippen LogP contribution in [0.5, 0.6) is 0 Å². The van der Waals surface area contributed by atoms with Crippen LogP contribution in [0.2, 0.25) is 10.0 Å². The van der Waals surface area contributed by atoms with Gasteiger partial charge in [0.25, 0.3) is 10.0 Å². The molecule has 5 rings (SSSR count). The average molecular weight is 683 g/mol. The van der Waals surface area contributed by atoms with Gasteiger partial charge in [-0.3, -0.25) is 13.9 Å². The Morgan fingerprint density at radius 1 is 0.870 bits per heavy atom. The monoisotopic (exact) mass is 681 g/mol. The van der Waals surface area contributed by atoms with E-state index in [0.29, 0.717) is 15.6 Å². The molecule has 1 fully saturated rings. The second-order valence-corrected chi connectivity index (χ2v) is 14.0. The first-order valence-electron chi connectivity index (χ1n) is 15.0. The van der Waals surface area contributed by atoms with Gasteiger partial charge in [-0.25, -0.2) is 12.8 Å². The molecule has 0 saturated heterocycles. The number of nitrogens with one attached hydrogen (secondary N) is 1. The Bertz CT molecular complexity index is 1750. The molecule has 11 heteroatoms. The number of hydrogen-bond donors (Lipinski definition) is 1. The van der Waals surface area contributed by atoms with Gasteiger partial charge in [0.15, 0.2) is 0 Å². The first kappa shape index (κ1) is 33.4. The minimum atomic E-state index is -4.29. The molecule has 0 spiro atoms. The van der Waals surface area contributed by atoms with Crippen LogP contribution in [0.3, 0.4) is 0 Å². The fraction of sp³-hybridized carbons (Fsp3) is 0.257. The van der Waals surface area contributed by atoms with Crippen LogP contribution in [0.15, 0.2) is 108 Å². The van der Waals surface area contributed by atoms with Crippen molar-refractivity contribution in [3.63, 3.8) is 0 Å². The zero-order valence-corrected chi connectivity index (χ0v) is 27.3. The van der Waals surface area contributed by atoms with Crippen LogP contribution in [0, 0.1) is 5.82 Å². The number of carbonyl (C=O) groups excluding carboxylic acids is 2. The summed E-state index contributed by atoms with van der Waals surface area (Å²) in [7, 11) is -4.29. The second-order valence-electron chi connectivity index (χ2n) is 11.3. The lowest BCUT2D eigenvalue weighted by atomic mass is 10.0. The number of anilines is 1. The summed E-state index contributed by atoms with van der Waals surface area (Å²) in [5.41, 5.74) is 1.45. The Labute approximate surface area is 279 Å². The molecule has 0 heterocycles. The van der Waals surface area contributed by atoms with E-state index in [0.717, 1.165) is 47.7 Å². The summed E-state index contributed by atoms with van der Waals surface area (Å²) in [5.74, 6) is -1.54. The standard InChI is InChI=1S/C35H34Cl2FN3O4S/c36-27-16-15-26(32(37)22-27)23-40(33(21-25-9-3-1-4-10-25)35(43)39-29-11-7-8-12-29)34(42)24-41(30-19-17-28(38)18-20-30)46(44,45)31-13-5-2-6-14-31/h1-6,9-10,13-20,22,29,33H,7-8,11-12,21,23-24H2,(H,39,43). The lowest BCUT2D eigenvalue weighted by molar-refractivity contribution is -0.140. The number of amides is 2. The SMILES string of the molecule is O=C(NC1CCCC1)C(Cc1ccccc1)N(Cc1ccc(Cl)cc1Cl)C(=O)CN(c1ccc(F)cc1)S(=O)(=O)c1ccccc1. The van der Waals surface area contributed by atoms with Gasteiger partial charge in [0.1, 0.15) is 18.4 Å². The van der Waals surface area contributed by atoms with E-state index in [1.54, 1.807) is 36.4 Å². The topological polar surface area (TPSA) is 86.8 Å². The molecule has 1 aliphatic rings. The molecule has 1 saturated carbocycles. The Balaban J connectivity index is 1.57. The summed E-state index contributed by atoms with van der Waals surface area (Å²) in [5, 5.41) is 3.83. The zero-order chi connectivity index (χ0) is 32.7. The van der Waals surface area contributed by atoms with Gasteiger partial charge in [0.05, 0.1) is 10.6 Å². The summed E-state index contributed by atoms with van der Waals surface area (Å²) in [6.07, 6.45) is 3.86. The van der Waals surface area contributed by atoms with Crippen LogP contribution in [-0.4, -0.2) is 43.8 Å². The predicted octanol–water partition coefficient (Wildman–Crippen LogP) is 7.03. The molecule has 7 nitrogen and oxygen atoms in total. The van der Waals surface area contributed by atoms with Crippen LogP contribution in [0.1, 0.15) is 36.8 Å². The van der Waals surface area contributed by atoms with Crippen molar-refractivity contribution in [3.05, 3.63) is 130 Å². The molecule has 4 aromatic carbocycles. The number of carbonyl (C=O) groups is 2. The number of halogens is 3. The average Bonchev–Trinajstić information content (AvgIpc) is 3.57. The highest BCUT2D eigenvalue weighted by Gasteiger charge is 2.35. The van der Waals surface area contributed by atoms with Crippen molar-refractivity contribution >= 4 is 50.7 Å². The van der Waals surface area contributed by atoms with Gasteiger partial charge >= 0.3 is 0 Å². The molecule has 0 radical (unpaired) electrons. The molecule has 2 amide bonds. The quantitative estimate of drug-likeness (QED) is 0.174. The maximum atomic E-state index is 14.5. The first-order valence-corrected chi connectivity index (χ1v) is 17.2. The van der Waals surface area contributed by atoms with E-state index >= 15 is 0 Å². The highest BCUT2D eigenvalue weighted by molar-refractivity contribution is 7.92. The molecule has 0 bridgehead atoms. The van der Waals surface area contributed by atoms with Crippen molar-refractivity contribution in [2.24, 2.45) is 0 Å². The highest BCUT2D eigenvalue weighted by atomic mass is 35.5. The molecule has 1 atom stereocenters. The van der Waals surface area contributed by atoms with Crippen molar-refractivity contribution < 1.29 is 22.4 Å². The van der Waals surface area contributed by atoms with Crippen molar-refractivity contribution in [1.29, 1.82) is 0 Å². The lowest BCUT2D eigenvalue weighted by Gasteiger charge is -2.34. The van der Waals surface area contributed by atoms with Crippen LogP contribution in [0.4, 0.5) is 10.1 Å². The third-order valence-electron chi connectivity index (χ3n) is 8.05. The van der Waals surface area contributed by atoms with Crippen molar-refractivity contribution in [2.45, 2.75) is 55.6 Å². The molecule has 0 aliphatic heterocycles. The molecule has 1 aliphatic carbocycles. The zero-order valence-electron chi connectivity index (χ0n) is 25.0. The van der Waals surface area contributed by atoms with Gasteiger partial charge < -0.3 is 10.2 Å². The summed E-state index contributed by atoms with van der Waals surface area (Å²) in [6.45, 7) is -0.747. The van der Waals surface area contributed by atoms with Crippen LogP contribution in [-0.2, 0) is 32.6 Å². The van der Waals surface area contributed by atoms with E-state index in [2.05, 4.69) is 5.32 Å². The number of rotatable bonds is 12. The maximum Gasteiger partial charge on any atom is 0.264 e. The van der Waals surface area contributed by atoms with Gasteiger partial charge in [-0.15, -0.1) is 0 Å². The van der Waals surface area contributed by atoms with Gasteiger partial charge in [0, 0.05) is 29.1 Å². The van der Waals surface area contributed by atoms with Crippen LogP contribution in [0.25, 0.3) is 0 Å². The highest BCUT2D eigenvalue weighted by Crippen LogP contribution is 2.28. The molecule has 1 unspecified atom stereocenters. The molecule has 46 heavy (non-hydrogen) atoms. The minimum absolute atomic E-state index is 0.0176. The van der Waals surface area contributed by atoms with Crippen LogP contribution < -0.4 is 9.62 Å². The number of sulfonamides is 1. The van der Waals surface area contributed by atoms with E-state index in [4.69, 9.17) is 23.2 Å². The molecular formula is C35H34Cl2FN3O4S. The normalized spacial score (nSPS) is 14.1. The molecule has 1 N–H and O–H groups in total. The number of nitrogens with zero attached hydrogens (tertiary/aromatic N) is 2. The minimum Gasteiger partial charge on any atom is -0.352 e. The fourth-order valence-corrected chi connectivity index (χ4v) is 7.51. The molecular weight excluding hydrogens is 648 g/mol. The predicted molar refractivity (Wildman–Crippen MR) is 179 cm³/mol. The van der Waals surface area contributed by atoms with E-state index in [-0.39, 0.29) is 35.5 Å². The summed E-state index contributed by atoms with van der Waals surface area (Å²) in [4.78, 5) is 29.9. The van der Waals surface area contributed by atoms with E-state index in [1.807, 2.05) is 30.3 Å². The van der Waals surface area contributed by atoms with E-state index < -0.39 is 34.3 Å². The Kier molecular flexibility index (Phi) is 11.0. The smallest absolute Gasteiger partial charge is 0.264 e. The number of benzene rings is 4. The largest absolute Gasteiger partial charge is 0.352 e. The van der Waals surface area contributed by atoms with Gasteiger partial charge in [0.2, 0.25) is 11.8 Å². The fourth-order valence-electron chi connectivity index (χ4n) is 5.61. The second kappa shape index (κ2) is 15.1. The molecule has 0 aromatic heterocycles. The first-order chi connectivity index (χ1) is 22.1.